The Morgan fingerprint density at radius 2 is 1.89 bits per heavy atom. The van der Waals surface area contributed by atoms with Gasteiger partial charge in [0.25, 0.3) is 5.56 Å². The summed E-state index contributed by atoms with van der Waals surface area (Å²) in [7, 11) is 1.67. The van der Waals surface area contributed by atoms with E-state index in [9.17, 15) is 9.59 Å². The van der Waals surface area contributed by atoms with Gasteiger partial charge in [-0.15, -0.1) is 0 Å². The van der Waals surface area contributed by atoms with Crippen LogP contribution in [0, 0.1) is 19.8 Å². The van der Waals surface area contributed by atoms with Gasteiger partial charge in [0.05, 0.1) is 0 Å². The van der Waals surface area contributed by atoms with Gasteiger partial charge in [-0.05, 0) is 43.9 Å². The summed E-state index contributed by atoms with van der Waals surface area (Å²) in [5, 5.41) is 0. The maximum atomic E-state index is 13.2. The highest BCUT2D eigenvalue weighted by Crippen LogP contribution is 2.21. The molecular weight excluding hydrogens is 354 g/mol. The number of rotatable bonds is 4. The quantitative estimate of drug-likeness (QED) is 0.548. The highest BCUT2D eigenvalue weighted by molar-refractivity contribution is 5.76. The van der Waals surface area contributed by atoms with Gasteiger partial charge in [0.2, 0.25) is 5.78 Å². The summed E-state index contributed by atoms with van der Waals surface area (Å²) in [6.45, 7) is 8.59. The van der Waals surface area contributed by atoms with E-state index in [0.717, 1.165) is 23.4 Å². The first-order valence-electron chi connectivity index (χ1n) is 9.56. The van der Waals surface area contributed by atoms with Gasteiger partial charge in [-0.2, -0.15) is 4.98 Å². The van der Waals surface area contributed by atoms with Crippen LogP contribution in [0.3, 0.4) is 0 Å². The molecule has 0 fully saturated rings. The molecular formula is C21H25N5O2. The monoisotopic (exact) mass is 379 g/mol. The van der Waals surface area contributed by atoms with Gasteiger partial charge in [0.1, 0.15) is 0 Å². The summed E-state index contributed by atoms with van der Waals surface area (Å²) in [4.78, 5) is 30.6. The molecule has 7 nitrogen and oxygen atoms in total. The normalized spacial score (nSPS) is 11.9. The number of imidazole rings is 2. The predicted octanol–water partition coefficient (Wildman–Crippen LogP) is 2.80. The molecule has 3 heterocycles. The molecule has 0 amide bonds. The van der Waals surface area contributed by atoms with E-state index in [1.807, 2.05) is 42.8 Å². The molecule has 0 saturated heterocycles. The molecule has 0 N–H and O–H groups in total. The standard InChI is InChI=1S/C21H25N5O2/c1-13(2)9-10-24-19(27)17-18(23(5)21(24)28)22-20-25(17)12-15(4)26(20)16-8-6-7-14(3)11-16/h6-8,11-13H,9-10H2,1-5H3. The largest absolute Gasteiger partial charge is 0.332 e. The van der Waals surface area contributed by atoms with Crippen LogP contribution >= 0.6 is 0 Å². The summed E-state index contributed by atoms with van der Waals surface area (Å²) in [5.74, 6) is 1.04. The lowest BCUT2D eigenvalue weighted by Crippen LogP contribution is -2.39. The van der Waals surface area contributed by atoms with Crippen LogP contribution in [0.4, 0.5) is 0 Å². The van der Waals surface area contributed by atoms with Crippen molar-refractivity contribution in [3.8, 4) is 5.69 Å². The van der Waals surface area contributed by atoms with Crippen molar-refractivity contribution in [3.63, 3.8) is 0 Å². The number of aryl methyl sites for hydroxylation is 3. The summed E-state index contributed by atoms with van der Waals surface area (Å²) in [6.07, 6.45) is 2.68. The Kier molecular flexibility index (Phi) is 4.25. The number of fused-ring (bicyclic) bond motifs is 3. The van der Waals surface area contributed by atoms with Crippen LogP contribution in [0.2, 0.25) is 0 Å². The molecule has 4 aromatic rings. The van der Waals surface area contributed by atoms with Crippen LogP contribution < -0.4 is 11.2 Å². The number of hydrogen-bond acceptors (Lipinski definition) is 3. The smallest absolute Gasteiger partial charge is 0.283 e. The second-order valence-corrected chi connectivity index (χ2v) is 7.88. The molecule has 146 valence electrons. The van der Waals surface area contributed by atoms with E-state index in [4.69, 9.17) is 0 Å². The van der Waals surface area contributed by atoms with Gasteiger partial charge in [-0.3, -0.25) is 22.9 Å². The molecule has 0 aliphatic heterocycles. The minimum absolute atomic E-state index is 0.285. The topological polar surface area (TPSA) is 66.2 Å². The van der Waals surface area contributed by atoms with Crippen LogP contribution in [0.15, 0.2) is 40.1 Å². The Balaban J connectivity index is 2.05. The van der Waals surface area contributed by atoms with Gasteiger partial charge in [0.15, 0.2) is 11.2 Å². The van der Waals surface area contributed by atoms with E-state index in [2.05, 4.69) is 24.9 Å². The number of hydrogen-bond donors (Lipinski definition) is 0. The first-order valence-corrected chi connectivity index (χ1v) is 9.56. The van der Waals surface area contributed by atoms with Gasteiger partial charge in [-0.1, -0.05) is 26.0 Å². The first kappa shape index (κ1) is 18.3. The van der Waals surface area contributed by atoms with Crippen molar-refractivity contribution in [1.82, 2.24) is 23.1 Å². The molecule has 0 radical (unpaired) electrons. The van der Waals surface area contributed by atoms with E-state index in [1.54, 1.807) is 11.4 Å². The molecule has 28 heavy (non-hydrogen) atoms. The fraction of sp³-hybridized carbons (Fsp3) is 0.381. The Morgan fingerprint density at radius 1 is 1.14 bits per heavy atom. The highest BCUT2D eigenvalue weighted by atomic mass is 16.2. The van der Waals surface area contributed by atoms with E-state index in [-0.39, 0.29) is 11.2 Å². The van der Waals surface area contributed by atoms with Crippen molar-refractivity contribution < 1.29 is 0 Å². The summed E-state index contributed by atoms with van der Waals surface area (Å²) < 4.78 is 6.62. The van der Waals surface area contributed by atoms with Crippen LogP contribution in [-0.4, -0.2) is 23.1 Å². The Bertz CT molecular complexity index is 1320. The van der Waals surface area contributed by atoms with Crippen molar-refractivity contribution in [3.05, 3.63) is 62.6 Å². The molecule has 3 aromatic heterocycles. The Morgan fingerprint density at radius 3 is 2.57 bits per heavy atom. The molecule has 0 saturated carbocycles. The second kappa shape index (κ2) is 6.51. The van der Waals surface area contributed by atoms with E-state index in [0.29, 0.717) is 29.4 Å². The Labute approximate surface area is 162 Å². The molecule has 0 unspecified atom stereocenters. The zero-order chi connectivity index (χ0) is 20.2. The molecule has 1 aromatic carbocycles. The van der Waals surface area contributed by atoms with Crippen molar-refractivity contribution >= 4 is 16.9 Å². The van der Waals surface area contributed by atoms with Gasteiger partial charge in [-0.25, -0.2) is 4.79 Å². The summed E-state index contributed by atoms with van der Waals surface area (Å²) >= 11 is 0. The van der Waals surface area contributed by atoms with E-state index in [1.165, 1.54) is 9.13 Å². The maximum Gasteiger partial charge on any atom is 0.332 e. The third-order valence-corrected chi connectivity index (χ3v) is 5.22. The third-order valence-electron chi connectivity index (χ3n) is 5.22. The number of benzene rings is 1. The minimum atomic E-state index is -0.322. The average Bonchev–Trinajstić information content (AvgIpc) is 3.14. The summed E-state index contributed by atoms with van der Waals surface area (Å²) in [5.41, 5.74) is 3.33. The molecule has 0 atom stereocenters. The van der Waals surface area contributed by atoms with Gasteiger partial charge < -0.3 is 0 Å². The van der Waals surface area contributed by atoms with E-state index < -0.39 is 0 Å². The molecule has 0 bridgehead atoms. The van der Waals surface area contributed by atoms with Gasteiger partial charge >= 0.3 is 5.69 Å². The van der Waals surface area contributed by atoms with Crippen LogP contribution in [0.5, 0.6) is 0 Å². The van der Waals surface area contributed by atoms with Crippen LogP contribution in [0.1, 0.15) is 31.5 Å². The minimum Gasteiger partial charge on any atom is -0.283 e. The van der Waals surface area contributed by atoms with Crippen molar-refractivity contribution in [2.75, 3.05) is 0 Å². The molecule has 0 aliphatic rings. The fourth-order valence-corrected chi connectivity index (χ4v) is 3.68. The maximum absolute atomic E-state index is 13.2. The number of nitrogens with zero attached hydrogens (tertiary/aromatic N) is 5. The Hall–Kier alpha value is -3.09. The van der Waals surface area contributed by atoms with Crippen molar-refractivity contribution in [1.29, 1.82) is 0 Å². The molecule has 4 rings (SSSR count). The van der Waals surface area contributed by atoms with Gasteiger partial charge in [0, 0.05) is 31.2 Å². The molecule has 7 heteroatoms. The second-order valence-electron chi connectivity index (χ2n) is 7.88. The highest BCUT2D eigenvalue weighted by Gasteiger charge is 2.20. The fourth-order valence-electron chi connectivity index (χ4n) is 3.68. The lowest BCUT2D eigenvalue weighted by atomic mass is 10.1. The summed E-state index contributed by atoms with van der Waals surface area (Å²) in [6, 6.07) is 8.13. The lowest BCUT2D eigenvalue weighted by molar-refractivity contribution is 0.488. The first-order chi connectivity index (χ1) is 13.3. The molecule has 0 aliphatic carbocycles. The van der Waals surface area contributed by atoms with Crippen molar-refractivity contribution in [2.45, 2.75) is 40.7 Å². The van der Waals surface area contributed by atoms with Crippen LogP contribution in [0.25, 0.3) is 22.6 Å². The third kappa shape index (κ3) is 2.69. The average molecular weight is 379 g/mol. The SMILES string of the molecule is Cc1cccc(-n2c(C)cn3c4c(=O)n(CCC(C)C)c(=O)n(C)c4nc23)c1. The van der Waals surface area contributed by atoms with E-state index >= 15 is 0 Å². The zero-order valence-corrected chi connectivity index (χ0v) is 16.9. The predicted molar refractivity (Wildman–Crippen MR) is 110 cm³/mol. The van der Waals surface area contributed by atoms with Crippen LogP contribution in [-0.2, 0) is 13.6 Å². The number of aromatic nitrogens is 5. The zero-order valence-electron chi connectivity index (χ0n) is 16.9. The van der Waals surface area contributed by atoms with Crippen molar-refractivity contribution in [2.24, 2.45) is 13.0 Å². The molecule has 0 spiro atoms. The lowest BCUT2D eigenvalue weighted by Gasteiger charge is -2.09.